The first-order valence-electron chi connectivity index (χ1n) is 41.2. The summed E-state index contributed by atoms with van der Waals surface area (Å²) in [6, 6.07) is -1.34. The normalized spacial score (nSPS) is 22.6. The number of rotatable bonds is 27. The molecule has 22 N–H and O–H groups in total. The van der Waals surface area contributed by atoms with Gasteiger partial charge in [0.05, 0.1) is 33.1 Å². The number of hydrogen-bond donors (Lipinski definition) is 21. The van der Waals surface area contributed by atoms with E-state index in [0.29, 0.717) is 27.6 Å². The van der Waals surface area contributed by atoms with Gasteiger partial charge >= 0.3 is 17.9 Å². The summed E-state index contributed by atoms with van der Waals surface area (Å²) in [6.45, 7) is -0.479. The Labute approximate surface area is 737 Å². The molecule has 14 unspecified atom stereocenters. The number of phenols is 3. The van der Waals surface area contributed by atoms with Crippen LogP contribution in [0.1, 0.15) is 113 Å². The number of aromatic amines is 1. The van der Waals surface area contributed by atoms with Gasteiger partial charge < -0.3 is 125 Å². The number of aliphatic hydroxyl groups excluding tert-OH is 1. The Morgan fingerprint density at radius 1 is 0.602 bits per heavy atom. The molecule has 3 saturated heterocycles. The number of amides is 16. The maximum Gasteiger partial charge on any atom is 0.326 e. The van der Waals surface area contributed by atoms with Crippen LogP contribution in [0.5, 0.6) is 17.2 Å². The summed E-state index contributed by atoms with van der Waals surface area (Å²) < 4.78 is 10.7. The Morgan fingerprint density at radius 3 is 1.81 bits per heavy atom. The van der Waals surface area contributed by atoms with Gasteiger partial charge in [-0.25, -0.2) is 4.79 Å². The number of esters is 2. The highest BCUT2D eigenvalue weighted by atomic mass is 32.2. The van der Waals surface area contributed by atoms with Crippen molar-refractivity contribution in [3.63, 3.8) is 0 Å². The Balaban J connectivity index is 1.26. The minimum Gasteiger partial charge on any atom is -0.508 e. The second kappa shape index (κ2) is 48.5. The van der Waals surface area contributed by atoms with Crippen LogP contribution in [0.25, 0.3) is 10.9 Å². The predicted octanol–water partition coefficient (Wildman–Crippen LogP) is -4.43. The summed E-state index contributed by atoms with van der Waals surface area (Å²) in [5, 5.41) is 86.4. The first-order chi connectivity index (χ1) is 61.0. The topological polar surface area (TPSA) is 657 Å². The molecule has 44 heteroatoms. The minimum atomic E-state index is -2.36. The largest absolute Gasteiger partial charge is 0.508 e. The Bertz CT molecular complexity index is 4860. The number of primary amides is 1. The zero-order valence-electron chi connectivity index (χ0n) is 70.5. The third kappa shape index (κ3) is 30.4. The maximum absolute atomic E-state index is 15.6. The number of methoxy groups -OCH3 is 1. The fourth-order valence-electron chi connectivity index (χ4n) is 14.4. The number of H-pyrrole nitrogens is 1. The highest BCUT2D eigenvalue weighted by Crippen LogP contribution is 2.25. The Morgan fingerprint density at radius 2 is 1.18 bits per heavy atom. The van der Waals surface area contributed by atoms with Crippen molar-refractivity contribution in [3.8, 4) is 17.2 Å². The Kier molecular flexibility index (Phi) is 37.7. The molecule has 2 bridgehead atoms. The summed E-state index contributed by atoms with van der Waals surface area (Å²) in [7, 11) is 1.01. The highest BCUT2D eigenvalue weighted by Gasteiger charge is 2.44. The monoisotopic (exact) mass is 1800 g/mol. The molecule has 3 aliphatic heterocycles. The zero-order valence-corrected chi connectivity index (χ0v) is 71.3. The van der Waals surface area contributed by atoms with E-state index in [1.54, 1.807) is 30.5 Å². The zero-order chi connectivity index (χ0) is 93.4. The number of ether oxygens (including phenoxy) is 2. The first-order valence-corrected chi connectivity index (χ1v) is 42.6. The number of hydrogen-bond acceptors (Lipinski definition) is 26. The van der Waals surface area contributed by atoms with E-state index in [1.807, 2.05) is 0 Å². The number of thioether (sulfide) groups is 1. The number of benzene rings is 4. The summed E-state index contributed by atoms with van der Waals surface area (Å²) in [5.41, 5.74) is 7.49. The van der Waals surface area contributed by atoms with Crippen molar-refractivity contribution < 1.29 is 126 Å². The molecule has 8 rings (SSSR count). The average Bonchev–Trinajstić information content (AvgIpc) is 1.61. The number of para-hydroxylation sites is 1. The van der Waals surface area contributed by atoms with E-state index < -0.39 is 255 Å². The van der Waals surface area contributed by atoms with Crippen LogP contribution in [-0.4, -0.2) is 278 Å². The van der Waals surface area contributed by atoms with Crippen molar-refractivity contribution in [2.24, 2.45) is 5.73 Å². The molecular weight excluding hydrogens is 1700 g/mol. The van der Waals surface area contributed by atoms with Crippen molar-refractivity contribution in [3.05, 3.63) is 126 Å². The van der Waals surface area contributed by atoms with Crippen molar-refractivity contribution >= 4 is 135 Å². The second-order valence-electron chi connectivity index (χ2n) is 30.9. The fraction of sp³-hybridized carbons (Fsp3) is 0.464. The third-order valence-electron chi connectivity index (χ3n) is 21.2. The molecule has 128 heavy (non-hydrogen) atoms. The first kappa shape index (κ1) is 99.5. The van der Waals surface area contributed by atoms with Gasteiger partial charge in [0.25, 0.3) is 0 Å². The molecule has 3 aliphatic rings. The summed E-state index contributed by atoms with van der Waals surface area (Å²) in [5.74, 6) is -22.9. The summed E-state index contributed by atoms with van der Waals surface area (Å²) >= 11 is 1.16. The Hall–Kier alpha value is -13.9. The van der Waals surface area contributed by atoms with Gasteiger partial charge in [-0.15, -0.1) is 0 Å². The molecule has 5 aromatic rings. The highest BCUT2D eigenvalue weighted by molar-refractivity contribution is 7.98. The molecule has 0 saturated carbocycles. The molecule has 0 aliphatic carbocycles. The van der Waals surface area contributed by atoms with Crippen molar-refractivity contribution in [1.82, 2.24) is 84.3 Å². The van der Waals surface area contributed by atoms with Gasteiger partial charge in [0.2, 0.25) is 94.5 Å². The standard InChI is InChI=1S/C84H107N17O26S/c1-43-71(100-79(119)60(38-66(85)107)90-68(109)41-88-72(112)58(89-44(2)103)34-45-14-20-49(104)21-15-45)82(122)94-57(30-33-128-4)76(116)91-54-12-7-8-31-86-67(108)28-26-55(75(115)98-63(84(124)125)36-47-18-24-51(106)25-19-47)92-74(114)56(27-29-69(110)126-3)93-77(117)59(37-48-40-87-53-11-6-5-10-52(48)53)95-78(118)61(39-70(111)127-43)96-80(120)64(42-102)99-81(121)65-13-9-32-101(65)83(123)62(97-73(54)113)35-46-16-22-50(105)23-17-46/h5-6,10-11,14-25,40,43,54-65,71,87,102,104-106H,7-9,12-13,26-39,41-42H2,1-4H3,(H2,85,107)(H,86,108)(H,88,112)(H,89,103)(H,90,109)(H,91,116)(H,92,114)(H,93,117)(H,94,122)(H,95,118)(H,96,120)(H,97,113)(H,98,115)(H,99,121)(H,100,119)(H,124,125). The van der Waals surface area contributed by atoms with Gasteiger partial charge in [0, 0.05) is 75.6 Å². The number of fused-ring (bicyclic) bond motifs is 13. The van der Waals surface area contributed by atoms with Crippen LogP contribution in [-0.2, 0) is 126 Å². The third-order valence-corrected chi connectivity index (χ3v) is 21.8. The van der Waals surface area contributed by atoms with Crippen LogP contribution >= 0.6 is 11.8 Å². The van der Waals surface area contributed by atoms with Gasteiger partial charge in [-0.05, 0) is 135 Å². The number of carboxylic acid groups (broad SMARTS) is 1. The average molecular weight is 1800 g/mol. The van der Waals surface area contributed by atoms with Gasteiger partial charge in [-0.3, -0.25) is 86.3 Å². The number of nitrogens with one attached hydrogen (secondary N) is 15. The van der Waals surface area contributed by atoms with E-state index in [4.69, 9.17) is 15.2 Å². The van der Waals surface area contributed by atoms with E-state index in [1.165, 1.54) is 79.0 Å². The van der Waals surface area contributed by atoms with Crippen LogP contribution < -0.4 is 80.2 Å². The van der Waals surface area contributed by atoms with Crippen LogP contribution in [0, 0.1) is 0 Å². The molecular formula is C84H107N17O26S. The van der Waals surface area contributed by atoms with E-state index in [9.17, 15) is 78.3 Å². The van der Waals surface area contributed by atoms with Gasteiger partial charge in [-0.2, -0.15) is 11.8 Å². The van der Waals surface area contributed by atoms with Crippen molar-refractivity contribution in [1.29, 1.82) is 0 Å². The van der Waals surface area contributed by atoms with Crippen LogP contribution in [0.4, 0.5) is 0 Å². The van der Waals surface area contributed by atoms with Gasteiger partial charge in [0.1, 0.15) is 102 Å². The molecule has 4 aromatic carbocycles. The molecule has 16 amide bonds. The number of nitrogens with two attached hydrogens (primary N) is 1. The summed E-state index contributed by atoms with van der Waals surface area (Å²) in [6.07, 6.45) is -6.09. The van der Waals surface area contributed by atoms with Crippen molar-refractivity contribution in [2.75, 3.05) is 45.4 Å². The lowest BCUT2D eigenvalue weighted by Crippen LogP contribution is -2.62. The SMILES string of the molecule is COC(=O)CCC1NC(=O)C(Cc2c[nH]c3ccccc23)NC(=O)C2CC(=O)OC(C)C(NC(=O)C(CC(N)=O)NC(=O)CNC(=O)C(Cc3ccc(O)cc3)NC(C)=O)C(=O)NC(CCSC)C(=O)NC(CCCCNC(=O)CCC(C(=O)NC(Cc3ccc(O)cc3)C(=O)O)NC1=O)C(=O)NC(Cc1ccc(O)cc1)C(=O)N1CCCC1C(=O)NC(CO)C(=O)N2. The van der Waals surface area contributed by atoms with Crippen LogP contribution in [0.2, 0.25) is 0 Å². The lowest BCUT2D eigenvalue weighted by atomic mass is 10.0. The van der Waals surface area contributed by atoms with E-state index in [2.05, 4.69) is 79.4 Å². The quantitative estimate of drug-likeness (QED) is 0.0221. The van der Waals surface area contributed by atoms with E-state index >= 15 is 38.4 Å². The molecule has 0 radical (unpaired) electrons. The fourth-order valence-corrected chi connectivity index (χ4v) is 14.8. The number of aromatic nitrogens is 1. The predicted molar refractivity (Wildman–Crippen MR) is 453 cm³/mol. The number of aliphatic carboxylic acids is 1. The molecule has 43 nitrogen and oxygen atoms in total. The molecule has 1 aromatic heterocycles. The van der Waals surface area contributed by atoms with Crippen molar-refractivity contribution in [2.45, 2.75) is 201 Å². The van der Waals surface area contributed by atoms with Crippen LogP contribution in [0.15, 0.2) is 103 Å². The number of aliphatic hydroxyl groups is 1. The van der Waals surface area contributed by atoms with Crippen LogP contribution in [0.3, 0.4) is 0 Å². The molecule has 4 heterocycles. The minimum absolute atomic E-state index is 0.0292. The number of aromatic hydroxyl groups is 3. The second-order valence-corrected chi connectivity index (χ2v) is 31.8. The smallest absolute Gasteiger partial charge is 0.326 e. The summed E-state index contributed by atoms with van der Waals surface area (Å²) in [4.78, 5) is 278. The molecule has 690 valence electrons. The lowest BCUT2D eigenvalue weighted by molar-refractivity contribution is -0.154. The number of nitrogens with zero attached hydrogens (tertiary/aromatic N) is 1. The lowest BCUT2D eigenvalue weighted by Gasteiger charge is -2.31. The molecule has 0 spiro atoms. The number of carbonyl (C=O) groups is 19. The number of phenolic OH excluding ortho intramolecular Hbond substituents is 3. The molecule has 14 atom stereocenters. The van der Waals surface area contributed by atoms with Gasteiger partial charge in [-0.1, -0.05) is 54.6 Å². The number of carboxylic acids is 1. The molecule has 3 fully saturated rings. The maximum atomic E-state index is 15.6. The van der Waals surface area contributed by atoms with Gasteiger partial charge in [0.15, 0.2) is 0 Å². The number of carbonyl (C=O) groups excluding carboxylic acids is 18. The van der Waals surface area contributed by atoms with E-state index in [-0.39, 0.29) is 99.4 Å². The van der Waals surface area contributed by atoms with E-state index in [0.717, 1.165) is 37.6 Å².